The molecule has 0 aliphatic heterocycles. The van der Waals surface area contributed by atoms with Gasteiger partial charge in [0.15, 0.2) is 5.78 Å². The third-order valence-electron chi connectivity index (χ3n) is 3.26. The van der Waals surface area contributed by atoms with Gasteiger partial charge in [-0.2, -0.15) is 0 Å². The summed E-state index contributed by atoms with van der Waals surface area (Å²) in [6.07, 6.45) is 5.10. The number of ether oxygens (including phenoxy) is 1. The van der Waals surface area contributed by atoms with Crippen molar-refractivity contribution in [1.29, 1.82) is 0 Å². The third-order valence-corrected chi connectivity index (χ3v) is 3.26. The second-order valence-corrected chi connectivity index (χ2v) is 5.01. The van der Waals surface area contributed by atoms with E-state index in [1.807, 2.05) is 24.3 Å². The molecule has 0 spiro atoms. The highest BCUT2D eigenvalue weighted by molar-refractivity contribution is 5.97. The standard InChI is InChI=1S/C17H26O2/c1-4-7-14(8-5-2)17(18)15-9-11-16(12-10-15)19-13-6-3/h9-12,14H,4-8,13H2,1-3H3. The van der Waals surface area contributed by atoms with Crippen molar-refractivity contribution in [2.45, 2.75) is 52.9 Å². The van der Waals surface area contributed by atoms with Gasteiger partial charge < -0.3 is 4.74 Å². The van der Waals surface area contributed by atoms with Crippen molar-refractivity contribution in [3.63, 3.8) is 0 Å². The Hall–Kier alpha value is -1.31. The summed E-state index contributed by atoms with van der Waals surface area (Å²) in [5.74, 6) is 1.31. The van der Waals surface area contributed by atoms with Crippen LogP contribution in [0.2, 0.25) is 0 Å². The molecular weight excluding hydrogens is 236 g/mol. The van der Waals surface area contributed by atoms with Gasteiger partial charge in [-0.1, -0.05) is 33.6 Å². The number of benzene rings is 1. The zero-order valence-electron chi connectivity index (χ0n) is 12.4. The van der Waals surface area contributed by atoms with Crippen LogP contribution in [0, 0.1) is 5.92 Å². The van der Waals surface area contributed by atoms with Crippen molar-refractivity contribution >= 4 is 5.78 Å². The molecule has 2 heteroatoms. The van der Waals surface area contributed by atoms with Gasteiger partial charge >= 0.3 is 0 Å². The first-order chi connectivity index (χ1) is 9.22. The van der Waals surface area contributed by atoms with Gasteiger partial charge in [-0.25, -0.2) is 0 Å². The zero-order chi connectivity index (χ0) is 14.1. The van der Waals surface area contributed by atoms with Gasteiger partial charge in [0.2, 0.25) is 0 Å². The minimum atomic E-state index is 0.178. The summed E-state index contributed by atoms with van der Waals surface area (Å²) in [5, 5.41) is 0. The Kier molecular flexibility index (Phi) is 7.24. The minimum Gasteiger partial charge on any atom is -0.494 e. The van der Waals surface area contributed by atoms with Crippen LogP contribution in [0.25, 0.3) is 0 Å². The highest BCUT2D eigenvalue weighted by atomic mass is 16.5. The van der Waals surface area contributed by atoms with E-state index < -0.39 is 0 Å². The molecule has 0 aromatic heterocycles. The molecule has 19 heavy (non-hydrogen) atoms. The van der Waals surface area contributed by atoms with Crippen LogP contribution in [0.3, 0.4) is 0 Å². The molecule has 106 valence electrons. The maximum Gasteiger partial charge on any atom is 0.165 e. The zero-order valence-corrected chi connectivity index (χ0v) is 12.4. The van der Waals surface area contributed by atoms with E-state index in [-0.39, 0.29) is 11.7 Å². The SMILES string of the molecule is CCCOc1ccc(C(=O)C(CCC)CCC)cc1. The van der Waals surface area contributed by atoms with E-state index in [9.17, 15) is 4.79 Å². The Morgan fingerprint density at radius 3 is 2.05 bits per heavy atom. The van der Waals surface area contributed by atoms with Crippen LogP contribution in [0.15, 0.2) is 24.3 Å². The first-order valence-corrected chi connectivity index (χ1v) is 7.49. The molecule has 1 aromatic carbocycles. The van der Waals surface area contributed by atoms with Crippen molar-refractivity contribution in [2.24, 2.45) is 5.92 Å². The van der Waals surface area contributed by atoms with Crippen molar-refractivity contribution < 1.29 is 9.53 Å². The normalized spacial score (nSPS) is 10.7. The predicted octanol–water partition coefficient (Wildman–Crippen LogP) is 4.87. The topological polar surface area (TPSA) is 26.3 Å². The Bertz CT molecular complexity index is 361. The Balaban J connectivity index is 2.69. The van der Waals surface area contributed by atoms with Crippen LogP contribution in [-0.2, 0) is 0 Å². The number of carbonyl (C=O) groups excluding carboxylic acids is 1. The average molecular weight is 262 g/mol. The van der Waals surface area contributed by atoms with E-state index in [2.05, 4.69) is 20.8 Å². The molecule has 0 aliphatic carbocycles. The summed E-state index contributed by atoms with van der Waals surface area (Å²) >= 11 is 0. The number of hydrogen-bond acceptors (Lipinski definition) is 2. The smallest absolute Gasteiger partial charge is 0.165 e. The maximum absolute atomic E-state index is 12.4. The quantitative estimate of drug-likeness (QED) is 0.593. The highest BCUT2D eigenvalue weighted by Gasteiger charge is 2.18. The molecule has 2 nitrogen and oxygen atoms in total. The largest absolute Gasteiger partial charge is 0.494 e. The molecule has 0 amide bonds. The Labute approximate surface area is 117 Å². The average Bonchev–Trinajstić information content (AvgIpc) is 2.44. The summed E-state index contributed by atoms with van der Waals surface area (Å²) in [6, 6.07) is 7.59. The number of ketones is 1. The van der Waals surface area contributed by atoms with Gasteiger partial charge in [0.05, 0.1) is 6.61 Å². The van der Waals surface area contributed by atoms with E-state index in [4.69, 9.17) is 4.74 Å². The molecule has 1 aromatic rings. The van der Waals surface area contributed by atoms with Crippen LogP contribution in [0.1, 0.15) is 63.2 Å². The monoisotopic (exact) mass is 262 g/mol. The van der Waals surface area contributed by atoms with Gasteiger partial charge in [0.1, 0.15) is 5.75 Å². The number of carbonyl (C=O) groups is 1. The lowest BCUT2D eigenvalue weighted by Crippen LogP contribution is -2.14. The summed E-state index contributed by atoms with van der Waals surface area (Å²) in [4.78, 5) is 12.4. The van der Waals surface area contributed by atoms with E-state index in [0.29, 0.717) is 0 Å². The minimum absolute atomic E-state index is 0.178. The lowest BCUT2D eigenvalue weighted by atomic mass is 9.90. The van der Waals surface area contributed by atoms with Gasteiger partial charge in [-0.15, -0.1) is 0 Å². The summed E-state index contributed by atoms with van der Waals surface area (Å²) in [5.41, 5.74) is 0.816. The van der Waals surface area contributed by atoms with Crippen LogP contribution in [-0.4, -0.2) is 12.4 Å². The van der Waals surface area contributed by atoms with E-state index in [1.54, 1.807) is 0 Å². The fourth-order valence-corrected chi connectivity index (χ4v) is 2.27. The van der Waals surface area contributed by atoms with Crippen LogP contribution >= 0.6 is 0 Å². The molecule has 0 unspecified atom stereocenters. The predicted molar refractivity (Wildman–Crippen MR) is 79.9 cm³/mol. The second kappa shape index (κ2) is 8.73. The van der Waals surface area contributed by atoms with Crippen molar-refractivity contribution in [3.8, 4) is 5.75 Å². The maximum atomic E-state index is 12.4. The van der Waals surface area contributed by atoms with E-state index in [1.165, 1.54) is 0 Å². The van der Waals surface area contributed by atoms with Gasteiger partial charge in [0, 0.05) is 11.5 Å². The molecule has 0 aliphatic rings. The van der Waals surface area contributed by atoms with Crippen LogP contribution in [0.4, 0.5) is 0 Å². The molecular formula is C17H26O2. The fraction of sp³-hybridized carbons (Fsp3) is 0.588. The molecule has 0 fully saturated rings. The molecule has 0 radical (unpaired) electrons. The first kappa shape index (κ1) is 15.7. The number of hydrogen-bond donors (Lipinski definition) is 0. The molecule has 0 heterocycles. The van der Waals surface area contributed by atoms with Crippen molar-refractivity contribution in [2.75, 3.05) is 6.61 Å². The summed E-state index contributed by atoms with van der Waals surface area (Å²) in [6.45, 7) is 7.08. The van der Waals surface area contributed by atoms with Crippen LogP contribution in [0.5, 0.6) is 5.75 Å². The van der Waals surface area contributed by atoms with E-state index in [0.717, 1.165) is 50.0 Å². The van der Waals surface area contributed by atoms with Crippen molar-refractivity contribution in [1.82, 2.24) is 0 Å². The number of rotatable bonds is 9. The van der Waals surface area contributed by atoms with Gasteiger partial charge in [-0.3, -0.25) is 4.79 Å². The third kappa shape index (κ3) is 5.06. The summed E-state index contributed by atoms with van der Waals surface area (Å²) < 4.78 is 5.53. The number of Topliss-reactive ketones (excluding diaryl/α,β-unsaturated/α-hetero) is 1. The molecule has 1 rings (SSSR count). The van der Waals surface area contributed by atoms with E-state index >= 15 is 0 Å². The molecule has 0 atom stereocenters. The second-order valence-electron chi connectivity index (χ2n) is 5.01. The fourth-order valence-electron chi connectivity index (χ4n) is 2.27. The molecule has 0 saturated carbocycles. The highest BCUT2D eigenvalue weighted by Crippen LogP contribution is 2.21. The molecule has 0 bridgehead atoms. The first-order valence-electron chi connectivity index (χ1n) is 7.49. The lowest BCUT2D eigenvalue weighted by Gasteiger charge is -2.14. The summed E-state index contributed by atoms with van der Waals surface area (Å²) in [7, 11) is 0. The van der Waals surface area contributed by atoms with Crippen molar-refractivity contribution in [3.05, 3.63) is 29.8 Å². The lowest BCUT2D eigenvalue weighted by molar-refractivity contribution is 0.0905. The van der Waals surface area contributed by atoms with Crippen LogP contribution < -0.4 is 4.74 Å². The van der Waals surface area contributed by atoms with Gasteiger partial charge in [0.25, 0.3) is 0 Å². The molecule has 0 N–H and O–H groups in total. The Morgan fingerprint density at radius 1 is 1.00 bits per heavy atom. The Morgan fingerprint density at radius 2 is 1.58 bits per heavy atom. The molecule has 0 saturated heterocycles. The van der Waals surface area contributed by atoms with Gasteiger partial charge in [-0.05, 0) is 43.5 Å².